The molecule has 0 aliphatic carbocycles. The van der Waals surface area contributed by atoms with Crippen LogP contribution in [0.25, 0.3) is 45.1 Å². The second-order valence-electron chi connectivity index (χ2n) is 9.16. The molecule has 0 unspecified atom stereocenters. The number of para-hydroxylation sites is 2. The molecule has 3 aliphatic rings. The molecule has 162 valence electrons. The molecule has 0 radical (unpaired) electrons. The Morgan fingerprint density at radius 2 is 0.853 bits per heavy atom. The molecule has 6 aromatic rings. The van der Waals surface area contributed by atoms with E-state index in [-0.39, 0.29) is 0 Å². The Morgan fingerprint density at radius 1 is 0.441 bits per heavy atom. The molecule has 2 nitrogen and oxygen atoms in total. The van der Waals surface area contributed by atoms with Gasteiger partial charge in [0, 0.05) is 46.3 Å². The quantitative estimate of drug-likeness (QED) is 0.229. The highest BCUT2D eigenvalue weighted by molar-refractivity contribution is 5.88. The Morgan fingerprint density at radius 3 is 1.29 bits per heavy atom. The van der Waals surface area contributed by atoms with Crippen molar-refractivity contribution in [1.82, 2.24) is 9.13 Å². The first-order chi connectivity index (χ1) is 16.8. The SMILES string of the molecule is C1=C\c2cc3ccccc3n2Cc2ccc(cc2)-c2ccc(cc2)Cn2c/1cc1ccccc12. The molecule has 2 aromatic heterocycles. The van der Waals surface area contributed by atoms with E-state index in [0.717, 1.165) is 13.1 Å². The largest absolute Gasteiger partial charge is 0.336 e. The van der Waals surface area contributed by atoms with E-state index in [4.69, 9.17) is 0 Å². The maximum atomic E-state index is 2.42. The molecule has 2 heteroatoms. The Balaban J connectivity index is 1.47. The molecule has 0 saturated heterocycles. The van der Waals surface area contributed by atoms with Crippen LogP contribution in [0.15, 0.2) is 109 Å². The van der Waals surface area contributed by atoms with E-state index in [2.05, 4.69) is 130 Å². The zero-order valence-electron chi connectivity index (χ0n) is 18.9. The van der Waals surface area contributed by atoms with Gasteiger partial charge in [0.1, 0.15) is 0 Å². The molecule has 0 N–H and O–H groups in total. The van der Waals surface area contributed by atoms with Gasteiger partial charge in [-0.15, -0.1) is 0 Å². The minimum absolute atomic E-state index is 0.843. The number of benzene rings is 4. The van der Waals surface area contributed by atoms with Crippen LogP contribution in [0.5, 0.6) is 0 Å². The molecule has 5 heterocycles. The molecular formula is C32H24N2. The van der Waals surface area contributed by atoms with E-state index in [1.54, 1.807) is 0 Å². The summed E-state index contributed by atoms with van der Waals surface area (Å²) in [5.74, 6) is 0. The Kier molecular flexibility index (Phi) is 4.31. The predicted octanol–water partition coefficient (Wildman–Crippen LogP) is 7.84. The highest BCUT2D eigenvalue weighted by Gasteiger charge is 2.11. The van der Waals surface area contributed by atoms with Gasteiger partial charge in [0.2, 0.25) is 0 Å². The fourth-order valence-electron chi connectivity index (χ4n) is 5.23. The van der Waals surface area contributed by atoms with Crippen molar-refractivity contribution < 1.29 is 0 Å². The number of hydrogen-bond donors (Lipinski definition) is 0. The highest BCUT2D eigenvalue weighted by atomic mass is 15.0. The molecule has 34 heavy (non-hydrogen) atoms. The van der Waals surface area contributed by atoms with Gasteiger partial charge in [-0.25, -0.2) is 0 Å². The van der Waals surface area contributed by atoms with Gasteiger partial charge in [-0.3, -0.25) is 0 Å². The summed E-state index contributed by atoms with van der Waals surface area (Å²) >= 11 is 0. The van der Waals surface area contributed by atoms with Crippen molar-refractivity contribution in [1.29, 1.82) is 0 Å². The minimum Gasteiger partial charge on any atom is -0.336 e. The zero-order valence-corrected chi connectivity index (χ0v) is 18.9. The second kappa shape index (κ2) is 7.64. The van der Waals surface area contributed by atoms with Crippen LogP contribution < -0.4 is 0 Å². The Labute approximate surface area is 199 Å². The van der Waals surface area contributed by atoms with Crippen LogP contribution in [-0.4, -0.2) is 9.13 Å². The summed E-state index contributed by atoms with van der Waals surface area (Å²) in [6.07, 6.45) is 4.54. The van der Waals surface area contributed by atoms with Gasteiger partial charge in [-0.05, 0) is 58.7 Å². The summed E-state index contributed by atoms with van der Waals surface area (Å²) in [5.41, 5.74) is 10.1. The molecule has 3 aliphatic heterocycles. The third kappa shape index (κ3) is 3.19. The summed E-state index contributed by atoms with van der Waals surface area (Å²) < 4.78 is 4.85. The summed E-state index contributed by atoms with van der Waals surface area (Å²) in [6.45, 7) is 1.69. The van der Waals surface area contributed by atoms with Gasteiger partial charge >= 0.3 is 0 Å². The van der Waals surface area contributed by atoms with Gasteiger partial charge in [-0.1, -0.05) is 84.9 Å². The molecular weight excluding hydrogens is 412 g/mol. The van der Waals surface area contributed by atoms with Crippen LogP contribution in [0.1, 0.15) is 22.5 Å². The van der Waals surface area contributed by atoms with E-state index >= 15 is 0 Å². The first kappa shape index (κ1) is 19.2. The van der Waals surface area contributed by atoms with Crippen LogP contribution in [0.3, 0.4) is 0 Å². The molecule has 0 spiro atoms. The van der Waals surface area contributed by atoms with Crippen LogP contribution in [0, 0.1) is 0 Å². The maximum Gasteiger partial charge on any atom is 0.0488 e. The summed E-state index contributed by atoms with van der Waals surface area (Å²) in [5, 5.41) is 2.55. The highest BCUT2D eigenvalue weighted by Crippen LogP contribution is 2.28. The molecule has 4 aromatic carbocycles. The first-order valence-electron chi connectivity index (χ1n) is 11.8. The van der Waals surface area contributed by atoms with Gasteiger partial charge in [0.05, 0.1) is 0 Å². The lowest BCUT2D eigenvalue weighted by atomic mass is 10.0. The number of fused-ring (bicyclic) bond motifs is 4. The van der Waals surface area contributed by atoms with Crippen molar-refractivity contribution in [2.75, 3.05) is 0 Å². The van der Waals surface area contributed by atoms with Gasteiger partial charge in [0.15, 0.2) is 0 Å². The van der Waals surface area contributed by atoms with Crippen LogP contribution in [0.2, 0.25) is 0 Å². The molecule has 0 atom stereocenters. The summed E-state index contributed by atoms with van der Waals surface area (Å²) in [7, 11) is 0. The second-order valence-corrected chi connectivity index (χ2v) is 9.16. The van der Waals surface area contributed by atoms with E-state index in [1.807, 2.05) is 0 Å². The van der Waals surface area contributed by atoms with E-state index in [9.17, 15) is 0 Å². The van der Waals surface area contributed by atoms with Crippen molar-refractivity contribution >= 4 is 34.0 Å². The molecule has 0 fully saturated rings. The van der Waals surface area contributed by atoms with Crippen molar-refractivity contribution in [2.24, 2.45) is 0 Å². The minimum atomic E-state index is 0.843. The Bertz CT molecular complexity index is 1550. The van der Waals surface area contributed by atoms with Crippen molar-refractivity contribution in [3.05, 3.63) is 132 Å². The summed E-state index contributed by atoms with van der Waals surface area (Å²) in [4.78, 5) is 0. The van der Waals surface area contributed by atoms with E-state index in [1.165, 1.54) is 55.4 Å². The van der Waals surface area contributed by atoms with Gasteiger partial charge < -0.3 is 9.13 Å². The van der Waals surface area contributed by atoms with Gasteiger partial charge in [-0.2, -0.15) is 0 Å². The maximum absolute atomic E-state index is 2.42. The molecule has 0 saturated carbocycles. The van der Waals surface area contributed by atoms with Gasteiger partial charge in [0.25, 0.3) is 0 Å². The summed E-state index contributed by atoms with van der Waals surface area (Å²) in [6, 6.07) is 40.0. The average Bonchev–Trinajstić information content (AvgIpc) is 3.41. The molecule has 9 rings (SSSR count). The average molecular weight is 437 g/mol. The number of rotatable bonds is 0. The van der Waals surface area contributed by atoms with Crippen molar-refractivity contribution in [3.8, 4) is 11.1 Å². The van der Waals surface area contributed by atoms with Crippen LogP contribution in [0.4, 0.5) is 0 Å². The van der Waals surface area contributed by atoms with E-state index in [0.29, 0.717) is 0 Å². The van der Waals surface area contributed by atoms with Crippen molar-refractivity contribution in [3.63, 3.8) is 0 Å². The fraction of sp³-hybridized carbons (Fsp3) is 0.0625. The first-order valence-corrected chi connectivity index (χ1v) is 11.8. The fourth-order valence-corrected chi connectivity index (χ4v) is 5.23. The molecule has 4 bridgehead atoms. The topological polar surface area (TPSA) is 9.86 Å². The third-order valence-electron chi connectivity index (χ3n) is 7.03. The number of nitrogens with zero attached hydrogens (tertiary/aromatic N) is 2. The number of aromatic nitrogens is 2. The normalized spacial score (nSPS) is 13.9. The standard InChI is InChI=1S/C32H24N2/c1-3-7-31-27(5-1)19-29-17-18-30-20-28-6-2-4-8-32(28)34(30)22-24-11-15-26(16-12-24)25-13-9-23(10-14-25)21-33(29)31/h1-20H,21-22H2/b18-17-. The smallest absolute Gasteiger partial charge is 0.0488 e. The monoisotopic (exact) mass is 436 g/mol. The lowest BCUT2D eigenvalue weighted by Crippen LogP contribution is -2.03. The van der Waals surface area contributed by atoms with Crippen molar-refractivity contribution in [2.45, 2.75) is 13.1 Å². The van der Waals surface area contributed by atoms with E-state index < -0.39 is 0 Å². The molecule has 0 amide bonds. The predicted molar refractivity (Wildman–Crippen MR) is 143 cm³/mol. The lowest BCUT2D eigenvalue weighted by Gasteiger charge is -2.13. The zero-order chi connectivity index (χ0) is 22.5. The lowest BCUT2D eigenvalue weighted by molar-refractivity contribution is 0.824. The van der Waals surface area contributed by atoms with Crippen LogP contribution in [-0.2, 0) is 13.1 Å². The van der Waals surface area contributed by atoms with Crippen LogP contribution >= 0.6 is 0 Å². The number of hydrogen-bond acceptors (Lipinski definition) is 0. The Hall–Kier alpha value is -4.30. The third-order valence-corrected chi connectivity index (χ3v) is 7.03.